The lowest BCUT2D eigenvalue weighted by Gasteiger charge is -2.39. The molecule has 0 unspecified atom stereocenters. The summed E-state index contributed by atoms with van der Waals surface area (Å²) in [5.41, 5.74) is 0. The first-order chi connectivity index (χ1) is 13.4. The Morgan fingerprint density at radius 3 is 2.31 bits per heavy atom. The molecule has 0 radical (unpaired) electrons. The van der Waals surface area contributed by atoms with Crippen LogP contribution in [0.5, 0.6) is 0 Å². The average molecular weight is 427 g/mol. The monoisotopic (exact) mass is 426 g/mol. The Balaban J connectivity index is 2.81. The molecule has 6 nitrogen and oxygen atoms in total. The third kappa shape index (κ3) is 7.70. The molecule has 0 heterocycles. The van der Waals surface area contributed by atoms with E-state index in [9.17, 15) is 14.4 Å². The van der Waals surface area contributed by atoms with Crippen LogP contribution in [0.25, 0.3) is 0 Å². The van der Waals surface area contributed by atoms with Gasteiger partial charge in [-0.25, -0.2) is 0 Å². The van der Waals surface area contributed by atoms with Crippen LogP contribution < -0.4 is 0 Å². The zero-order valence-electron chi connectivity index (χ0n) is 19.0. The van der Waals surface area contributed by atoms with Crippen molar-refractivity contribution in [3.8, 4) is 0 Å². The summed E-state index contributed by atoms with van der Waals surface area (Å²) in [4.78, 5) is 34.7. The molecule has 1 fully saturated rings. The minimum atomic E-state index is -2.05. The molecule has 29 heavy (non-hydrogen) atoms. The van der Waals surface area contributed by atoms with Gasteiger partial charge in [-0.2, -0.15) is 0 Å². The Morgan fingerprint density at radius 2 is 1.79 bits per heavy atom. The maximum atomic E-state index is 12.0. The minimum Gasteiger partial charge on any atom is -0.469 e. The fraction of sp³-hybridized carbons (Fsp3) is 0.773. The first-order valence-corrected chi connectivity index (χ1v) is 13.4. The molecule has 0 aliphatic heterocycles. The summed E-state index contributed by atoms with van der Waals surface area (Å²) >= 11 is 0. The van der Waals surface area contributed by atoms with Gasteiger partial charge < -0.3 is 18.7 Å². The van der Waals surface area contributed by atoms with Crippen molar-refractivity contribution in [1.29, 1.82) is 0 Å². The van der Waals surface area contributed by atoms with Crippen LogP contribution in [0.15, 0.2) is 12.2 Å². The van der Waals surface area contributed by atoms with Crippen LogP contribution in [-0.2, 0) is 28.3 Å². The minimum absolute atomic E-state index is 0.0367. The van der Waals surface area contributed by atoms with Crippen LogP contribution in [0.3, 0.4) is 0 Å². The highest BCUT2D eigenvalue weighted by molar-refractivity contribution is 6.74. The van der Waals surface area contributed by atoms with Crippen molar-refractivity contribution in [3.05, 3.63) is 12.2 Å². The zero-order chi connectivity index (χ0) is 22.2. The number of carbonyl (C=O) groups excluding carboxylic acids is 3. The molecule has 0 aromatic rings. The highest BCUT2D eigenvalue weighted by Gasteiger charge is 2.49. The Bertz CT molecular complexity index is 593. The molecular formula is C22H38O6Si. The molecule has 7 heteroatoms. The molecule has 1 aliphatic carbocycles. The topological polar surface area (TPSA) is 78.9 Å². The van der Waals surface area contributed by atoms with Crippen molar-refractivity contribution in [2.75, 3.05) is 7.11 Å². The van der Waals surface area contributed by atoms with Crippen molar-refractivity contribution < 1.29 is 28.3 Å². The predicted molar refractivity (Wildman–Crippen MR) is 115 cm³/mol. The fourth-order valence-electron chi connectivity index (χ4n) is 3.45. The van der Waals surface area contributed by atoms with Gasteiger partial charge >= 0.3 is 11.9 Å². The quantitative estimate of drug-likeness (QED) is 0.169. The van der Waals surface area contributed by atoms with Gasteiger partial charge in [0, 0.05) is 31.6 Å². The molecule has 1 rings (SSSR count). The van der Waals surface area contributed by atoms with E-state index in [0.29, 0.717) is 19.3 Å². The SMILES string of the molecule is COC(=O)CCC/C=C\C[C@@H]1[C@@H](C=O)[C@H](O[Si](C)(C)C(C)(C)C)C[C@@H]1OC(C)=O. The van der Waals surface area contributed by atoms with Crippen LogP contribution in [-0.4, -0.2) is 45.9 Å². The van der Waals surface area contributed by atoms with Gasteiger partial charge in [-0.05, 0) is 37.4 Å². The molecule has 0 saturated heterocycles. The third-order valence-corrected chi connectivity index (χ3v) is 10.7. The number of aldehydes is 1. The Morgan fingerprint density at radius 1 is 1.14 bits per heavy atom. The Hall–Kier alpha value is -1.47. The summed E-state index contributed by atoms with van der Waals surface area (Å²) in [5.74, 6) is -0.938. The molecule has 0 bridgehead atoms. The summed E-state index contributed by atoms with van der Waals surface area (Å²) < 4.78 is 16.7. The predicted octanol–water partition coefficient (Wildman–Crippen LogP) is 4.43. The van der Waals surface area contributed by atoms with Crippen LogP contribution >= 0.6 is 0 Å². The number of rotatable bonds is 10. The molecule has 0 N–H and O–H groups in total. The highest BCUT2D eigenvalue weighted by atomic mass is 28.4. The maximum Gasteiger partial charge on any atom is 0.305 e. The van der Waals surface area contributed by atoms with Crippen LogP contribution in [0, 0.1) is 11.8 Å². The number of carbonyl (C=O) groups is 3. The third-order valence-electron chi connectivity index (χ3n) is 6.15. The standard InChI is InChI=1S/C22H38O6Si/c1-16(24)27-19-14-20(28-29(6,7)22(2,3)4)18(15-23)17(19)12-10-8-9-11-13-21(25)26-5/h8,10,15,17-20H,9,11-14H2,1-7H3/b10-8-/t17-,18-,19+,20-/m1/s1. The highest BCUT2D eigenvalue weighted by Crippen LogP contribution is 2.43. The van der Waals surface area contributed by atoms with Gasteiger partial charge in [0.25, 0.3) is 0 Å². The van der Waals surface area contributed by atoms with Crippen LogP contribution in [0.2, 0.25) is 18.1 Å². The molecular weight excluding hydrogens is 388 g/mol. The van der Waals surface area contributed by atoms with E-state index in [1.54, 1.807) is 0 Å². The lowest BCUT2D eigenvalue weighted by atomic mass is 9.91. The normalized spacial score (nSPS) is 25.2. The fourth-order valence-corrected chi connectivity index (χ4v) is 4.81. The largest absolute Gasteiger partial charge is 0.469 e. The average Bonchev–Trinajstić information content (AvgIpc) is 2.91. The second-order valence-corrected chi connectivity index (χ2v) is 14.1. The zero-order valence-corrected chi connectivity index (χ0v) is 20.0. The summed E-state index contributed by atoms with van der Waals surface area (Å²) in [6, 6.07) is 0. The summed E-state index contributed by atoms with van der Waals surface area (Å²) in [7, 11) is -0.667. The van der Waals surface area contributed by atoms with Crippen molar-refractivity contribution >= 4 is 26.5 Å². The second kappa shape index (κ2) is 11.1. The first kappa shape index (κ1) is 25.6. The molecule has 1 aliphatic rings. The van der Waals surface area contributed by atoms with Gasteiger partial charge in [-0.3, -0.25) is 9.59 Å². The van der Waals surface area contributed by atoms with E-state index >= 15 is 0 Å². The van der Waals surface area contributed by atoms with Crippen molar-refractivity contribution in [1.82, 2.24) is 0 Å². The maximum absolute atomic E-state index is 12.0. The lowest BCUT2D eigenvalue weighted by molar-refractivity contribution is -0.148. The second-order valence-electron chi connectivity index (χ2n) is 9.35. The Labute approximate surface area is 176 Å². The van der Waals surface area contributed by atoms with E-state index in [1.807, 2.05) is 12.2 Å². The van der Waals surface area contributed by atoms with E-state index in [-0.39, 0.29) is 41.0 Å². The number of hydrogen-bond acceptors (Lipinski definition) is 6. The number of allylic oxidation sites excluding steroid dienone is 2. The molecule has 0 spiro atoms. The van der Waals surface area contributed by atoms with Gasteiger partial charge in [0.2, 0.25) is 0 Å². The number of ether oxygens (including phenoxy) is 2. The van der Waals surface area contributed by atoms with Gasteiger partial charge in [0.1, 0.15) is 12.4 Å². The van der Waals surface area contributed by atoms with E-state index < -0.39 is 8.32 Å². The first-order valence-electron chi connectivity index (χ1n) is 10.4. The molecule has 1 saturated carbocycles. The van der Waals surface area contributed by atoms with Crippen molar-refractivity contribution in [2.45, 2.75) is 90.1 Å². The van der Waals surface area contributed by atoms with E-state index in [1.165, 1.54) is 14.0 Å². The number of unbranched alkanes of at least 4 members (excludes halogenated alkanes) is 1. The number of hydrogen-bond donors (Lipinski definition) is 0. The smallest absolute Gasteiger partial charge is 0.305 e. The summed E-state index contributed by atoms with van der Waals surface area (Å²) in [6.45, 7) is 12.2. The number of methoxy groups -OCH3 is 1. The van der Waals surface area contributed by atoms with E-state index in [2.05, 4.69) is 38.6 Å². The van der Waals surface area contributed by atoms with Crippen LogP contribution in [0.1, 0.15) is 59.8 Å². The van der Waals surface area contributed by atoms with Crippen molar-refractivity contribution in [2.24, 2.45) is 11.8 Å². The van der Waals surface area contributed by atoms with Gasteiger partial charge in [-0.15, -0.1) is 0 Å². The summed E-state index contributed by atoms with van der Waals surface area (Å²) in [6.07, 6.45) is 7.50. The van der Waals surface area contributed by atoms with Gasteiger partial charge in [-0.1, -0.05) is 32.9 Å². The molecule has 0 aromatic carbocycles. The lowest BCUT2D eigenvalue weighted by Crippen LogP contribution is -2.45. The van der Waals surface area contributed by atoms with Crippen LogP contribution in [0.4, 0.5) is 0 Å². The Kier molecular flexibility index (Phi) is 9.75. The van der Waals surface area contributed by atoms with E-state index in [0.717, 1.165) is 19.1 Å². The van der Waals surface area contributed by atoms with Gasteiger partial charge in [0.05, 0.1) is 13.2 Å². The summed E-state index contributed by atoms with van der Waals surface area (Å²) in [5, 5.41) is 0.0367. The number of esters is 2. The molecule has 0 aromatic heterocycles. The van der Waals surface area contributed by atoms with E-state index in [4.69, 9.17) is 9.16 Å². The van der Waals surface area contributed by atoms with Gasteiger partial charge in [0.15, 0.2) is 8.32 Å². The van der Waals surface area contributed by atoms with Crippen molar-refractivity contribution in [3.63, 3.8) is 0 Å². The molecule has 0 amide bonds. The molecule has 166 valence electrons. The molecule has 4 atom stereocenters.